The molecule has 0 bridgehead atoms. The van der Waals surface area contributed by atoms with Gasteiger partial charge in [-0.25, -0.2) is 4.98 Å². The molecule has 1 heterocycles. The van der Waals surface area contributed by atoms with Gasteiger partial charge in [0.1, 0.15) is 5.82 Å². The van der Waals surface area contributed by atoms with Crippen LogP contribution in [0, 0.1) is 5.92 Å². The zero-order chi connectivity index (χ0) is 17.4. The first kappa shape index (κ1) is 18.6. The second-order valence-electron chi connectivity index (χ2n) is 6.96. The Morgan fingerprint density at radius 2 is 2.00 bits per heavy atom. The van der Waals surface area contributed by atoms with Crippen LogP contribution < -0.4 is 15.5 Å². The van der Waals surface area contributed by atoms with Crippen LogP contribution in [0.5, 0.6) is 0 Å². The van der Waals surface area contributed by atoms with Gasteiger partial charge in [-0.15, -0.1) is 0 Å². The average molecular weight is 332 g/mol. The number of aromatic nitrogens is 1. The highest BCUT2D eigenvalue weighted by Gasteiger charge is 2.21. The summed E-state index contributed by atoms with van der Waals surface area (Å²) in [6.45, 7) is 2.97. The third-order valence-corrected chi connectivity index (χ3v) is 4.80. The maximum absolute atomic E-state index is 4.64. The lowest BCUT2D eigenvalue weighted by Crippen LogP contribution is -2.44. The molecule has 0 aromatic carbocycles. The molecule has 1 aromatic rings. The molecule has 134 valence electrons. The third-order valence-electron chi connectivity index (χ3n) is 4.80. The molecule has 2 N–H and O–H groups in total. The van der Waals surface area contributed by atoms with Gasteiger partial charge >= 0.3 is 0 Å². The Morgan fingerprint density at radius 3 is 2.62 bits per heavy atom. The number of nitrogens with zero attached hydrogens (tertiary/aromatic N) is 3. The number of hydrogen-bond acceptors (Lipinski definition) is 3. The van der Waals surface area contributed by atoms with E-state index in [0.29, 0.717) is 12.6 Å². The third kappa shape index (κ3) is 5.69. The molecule has 0 unspecified atom stereocenters. The fraction of sp³-hybridized carbons (Fsp3) is 0.684. The van der Waals surface area contributed by atoms with E-state index in [-0.39, 0.29) is 0 Å². The Balaban J connectivity index is 1.80. The van der Waals surface area contributed by atoms with Crippen LogP contribution in [0.1, 0.15) is 51.1 Å². The monoisotopic (exact) mass is 331 g/mol. The van der Waals surface area contributed by atoms with Crippen molar-refractivity contribution in [2.24, 2.45) is 10.9 Å². The van der Waals surface area contributed by atoms with Crippen LogP contribution in [0.25, 0.3) is 0 Å². The molecule has 1 aromatic heterocycles. The van der Waals surface area contributed by atoms with E-state index >= 15 is 0 Å². The summed E-state index contributed by atoms with van der Waals surface area (Å²) in [5.74, 6) is 2.79. The molecular formula is C19H33N5. The molecule has 1 saturated carbocycles. The molecule has 0 aliphatic heterocycles. The van der Waals surface area contributed by atoms with Crippen LogP contribution in [0.3, 0.4) is 0 Å². The minimum atomic E-state index is 0.547. The van der Waals surface area contributed by atoms with Crippen molar-refractivity contribution in [3.8, 4) is 0 Å². The van der Waals surface area contributed by atoms with Crippen molar-refractivity contribution in [3.05, 3.63) is 23.9 Å². The van der Waals surface area contributed by atoms with Crippen LogP contribution in [0.15, 0.2) is 23.2 Å². The summed E-state index contributed by atoms with van der Waals surface area (Å²) in [7, 11) is 5.85. The van der Waals surface area contributed by atoms with Crippen molar-refractivity contribution in [3.63, 3.8) is 0 Å². The van der Waals surface area contributed by atoms with Gasteiger partial charge < -0.3 is 15.5 Å². The van der Waals surface area contributed by atoms with Crippen molar-refractivity contribution in [1.82, 2.24) is 15.6 Å². The lowest BCUT2D eigenvalue weighted by molar-refractivity contribution is 0.295. The second kappa shape index (κ2) is 9.50. The SMILES string of the molecule is CCCC1CCC(NC(=NC)NCc2cccc(N(C)C)n2)CC1. The number of rotatable bonds is 6. The number of pyridine rings is 1. The Labute approximate surface area is 147 Å². The summed E-state index contributed by atoms with van der Waals surface area (Å²) in [5, 5.41) is 6.97. The number of anilines is 1. The first-order valence-electron chi connectivity index (χ1n) is 9.22. The highest BCUT2D eigenvalue weighted by Crippen LogP contribution is 2.27. The molecule has 1 aliphatic carbocycles. The number of nitrogens with one attached hydrogen (secondary N) is 2. The lowest BCUT2D eigenvalue weighted by atomic mass is 9.83. The maximum atomic E-state index is 4.64. The molecule has 1 fully saturated rings. The molecule has 5 nitrogen and oxygen atoms in total. The molecular weight excluding hydrogens is 298 g/mol. The van der Waals surface area contributed by atoms with Crippen LogP contribution in [0.4, 0.5) is 5.82 Å². The van der Waals surface area contributed by atoms with E-state index in [0.717, 1.165) is 23.4 Å². The molecule has 2 rings (SSSR count). The van der Waals surface area contributed by atoms with Gasteiger partial charge in [0.05, 0.1) is 12.2 Å². The van der Waals surface area contributed by atoms with Gasteiger partial charge in [-0.3, -0.25) is 4.99 Å². The number of aliphatic imine (C=N–C) groups is 1. The van der Waals surface area contributed by atoms with Crippen molar-refractivity contribution >= 4 is 11.8 Å². The van der Waals surface area contributed by atoms with Gasteiger partial charge in [-0.1, -0.05) is 25.8 Å². The van der Waals surface area contributed by atoms with Gasteiger partial charge in [-0.05, 0) is 43.7 Å². The normalized spacial score (nSPS) is 21.4. The van der Waals surface area contributed by atoms with Crippen molar-refractivity contribution in [2.75, 3.05) is 26.0 Å². The molecule has 0 radical (unpaired) electrons. The minimum absolute atomic E-state index is 0.547. The molecule has 0 spiro atoms. The zero-order valence-electron chi connectivity index (χ0n) is 15.7. The highest BCUT2D eigenvalue weighted by molar-refractivity contribution is 5.79. The standard InChI is InChI=1S/C19H33N5/c1-5-7-15-10-12-16(13-11-15)23-19(20-2)21-14-17-8-6-9-18(22-17)24(3)4/h6,8-9,15-16H,5,7,10-14H2,1-4H3,(H2,20,21,23). The predicted octanol–water partition coefficient (Wildman–Crippen LogP) is 3.17. The van der Waals surface area contributed by atoms with E-state index in [1.165, 1.54) is 38.5 Å². The minimum Gasteiger partial charge on any atom is -0.363 e. The fourth-order valence-corrected chi connectivity index (χ4v) is 3.38. The predicted molar refractivity (Wildman–Crippen MR) is 103 cm³/mol. The van der Waals surface area contributed by atoms with Crippen LogP contribution >= 0.6 is 0 Å². The lowest BCUT2D eigenvalue weighted by Gasteiger charge is -2.30. The first-order chi connectivity index (χ1) is 11.6. The molecule has 1 aliphatic rings. The van der Waals surface area contributed by atoms with Gasteiger partial charge in [0.25, 0.3) is 0 Å². The van der Waals surface area contributed by atoms with Crippen molar-refractivity contribution < 1.29 is 0 Å². The van der Waals surface area contributed by atoms with E-state index in [4.69, 9.17) is 0 Å². The van der Waals surface area contributed by atoms with E-state index < -0.39 is 0 Å². The fourth-order valence-electron chi connectivity index (χ4n) is 3.38. The summed E-state index contributed by atoms with van der Waals surface area (Å²) in [6, 6.07) is 6.66. The topological polar surface area (TPSA) is 52.6 Å². The largest absolute Gasteiger partial charge is 0.363 e. The second-order valence-corrected chi connectivity index (χ2v) is 6.96. The van der Waals surface area contributed by atoms with Crippen molar-refractivity contribution in [1.29, 1.82) is 0 Å². The molecule has 5 heteroatoms. The van der Waals surface area contributed by atoms with Gasteiger partial charge in [0.15, 0.2) is 5.96 Å². The molecule has 0 amide bonds. The molecule has 24 heavy (non-hydrogen) atoms. The number of guanidine groups is 1. The smallest absolute Gasteiger partial charge is 0.191 e. The molecule has 0 atom stereocenters. The average Bonchev–Trinajstić information content (AvgIpc) is 2.60. The first-order valence-corrected chi connectivity index (χ1v) is 9.22. The van der Waals surface area contributed by atoms with Gasteiger partial charge in [0.2, 0.25) is 0 Å². The van der Waals surface area contributed by atoms with E-state index in [1.54, 1.807) is 0 Å². The quantitative estimate of drug-likeness (QED) is 0.621. The van der Waals surface area contributed by atoms with Crippen molar-refractivity contribution in [2.45, 2.75) is 58.0 Å². The van der Waals surface area contributed by atoms with Crippen LogP contribution in [-0.4, -0.2) is 38.1 Å². The molecule has 0 saturated heterocycles. The van der Waals surface area contributed by atoms with E-state index in [9.17, 15) is 0 Å². The summed E-state index contributed by atoms with van der Waals surface area (Å²) in [4.78, 5) is 11.0. The maximum Gasteiger partial charge on any atom is 0.191 e. The van der Waals surface area contributed by atoms with Crippen LogP contribution in [0.2, 0.25) is 0 Å². The summed E-state index contributed by atoms with van der Waals surface area (Å²) in [5.41, 5.74) is 1.02. The van der Waals surface area contributed by atoms with E-state index in [1.807, 2.05) is 44.2 Å². The Bertz CT molecular complexity index is 518. The van der Waals surface area contributed by atoms with Crippen LogP contribution in [-0.2, 0) is 6.54 Å². The Kier molecular flexibility index (Phi) is 7.35. The zero-order valence-corrected chi connectivity index (χ0v) is 15.7. The highest BCUT2D eigenvalue weighted by atomic mass is 15.2. The van der Waals surface area contributed by atoms with Gasteiger partial charge in [0, 0.05) is 27.2 Å². The summed E-state index contributed by atoms with van der Waals surface area (Å²) >= 11 is 0. The van der Waals surface area contributed by atoms with Gasteiger partial charge in [-0.2, -0.15) is 0 Å². The number of hydrogen-bond donors (Lipinski definition) is 2. The Hall–Kier alpha value is -1.78. The summed E-state index contributed by atoms with van der Waals surface area (Å²) < 4.78 is 0. The Morgan fingerprint density at radius 1 is 1.25 bits per heavy atom. The summed E-state index contributed by atoms with van der Waals surface area (Å²) in [6.07, 6.45) is 7.88. The van der Waals surface area contributed by atoms with E-state index in [2.05, 4.69) is 27.5 Å².